The second-order valence-electron chi connectivity index (χ2n) is 7.73. The number of rotatable bonds is 7. The van der Waals surface area contributed by atoms with Crippen LogP contribution in [0.5, 0.6) is 0 Å². The molecule has 1 saturated carbocycles. The largest absolute Gasteiger partial charge is 0.371 e. The molecule has 0 spiro atoms. The Hall–Kier alpha value is -2.24. The lowest BCUT2D eigenvalue weighted by Gasteiger charge is -2.22. The van der Waals surface area contributed by atoms with Crippen molar-refractivity contribution in [2.75, 3.05) is 31.1 Å². The lowest BCUT2D eigenvalue weighted by molar-refractivity contribution is -0.121. The first-order valence-electron chi connectivity index (χ1n) is 10.3. The van der Waals surface area contributed by atoms with Crippen LogP contribution in [0.25, 0.3) is 0 Å². The van der Waals surface area contributed by atoms with Crippen LogP contribution in [0.4, 0.5) is 10.5 Å². The van der Waals surface area contributed by atoms with Crippen molar-refractivity contribution in [2.24, 2.45) is 5.92 Å². The smallest absolute Gasteiger partial charge is 0.314 e. The minimum absolute atomic E-state index is 0.0384. The zero-order chi connectivity index (χ0) is 18.9. The molecule has 148 valence electrons. The van der Waals surface area contributed by atoms with Gasteiger partial charge in [-0.05, 0) is 37.3 Å². The molecule has 1 saturated heterocycles. The van der Waals surface area contributed by atoms with Crippen LogP contribution in [-0.4, -0.2) is 44.2 Å². The van der Waals surface area contributed by atoms with Gasteiger partial charge in [0.2, 0.25) is 5.91 Å². The maximum Gasteiger partial charge on any atom is 0.314 e. The van der Waals surface area contributed by atoms with Gasteiger partial charge in [-0.15, -0.1) is 0 Å². The van der Waals surface area contributed by atoms with Crippen molar-refractivity contribution < 1.29 is 9.59 Å². The fourth-order valence-electron chi connectivity index (χ4n) is 4.01. The molecule has 1 unspecified atom stereocenters. The number of hydrogen-bond donors (Lipinski definition) is 3. The molecule has 2 aliphatic rings. The van der Waals surface area contributed by atoms with Gasteiger partial charge < -0.3 is 20.9 Å². The van der Waals surface area contributed by atoms with E-state index in [1.54, 1.807) is 0 Å². The van der Waals surface area contributed by atoms with E-state index in [0.29, 0.717) is 31.5 Å². The molecule has 3 rings (SSSR count). The molecule has 6 heteroatoms. The molecule has 0 radical (unpaired) electrons. The number of amides is 3. The summed E-state index contributed by atoms with van der Waals surface area (Å²) in [5.74, 6) is 0.502. The summed E-state index contributed by atoms with van der Waals surface area (Å²) in [7, 11) is 0. The third-order valence-electron chi connectivity index (χ3n) is 5.57. The summed E-state index contributed by atoms with van der Waals surface area (Å²) in [5, 5.41) is 8.81. The van der Waals surface area contributed by atoms with Crippen LogP contribution in [0.15, 0.2) is 30.3 Å². The molecule has 27 heavy (non-hydrogen) atoms. The Kier molecular flexibility index (Phi) is 7.36. The lowest BCUT2D eigenvalue weighted by Crippen LogP contribution is -2.41. The highest BCUT2D eigenvalue weighted by Crippen LogP contribution is 2.22. The zero-order valence-corrected chi connectivity index (χ0v) is 16.1. The van der Waals surface area contributed by atoms with Gasteiger partial charge in [0.1, 0.15) is 0 Å². The molecule has 1 aliphatic carbocycles. The SMILES string of the molecule is O=C(CCNC(=O)NCC1CCN(c2ccccc2)C1)NC1CCCCC1. The van der Waals surface area contributed by atoms with Crippen LogP contribution in [0.1, 0.15) is 44.9 Å². The van der Waals surface area contributed by atoms with Crippen LogP contribution in [0.3, 0.4) is 0 Å². The maximum atomic E-state index is 12.0. The summed E-state index contributed by atoms with van der Waals surface area (Å²) in [6.07, 6.45) is 7.28. The highest BCUT2D eigenvalue weighted by molar-refractivity contribution is 5.78. The lowest BCUT2D eigenvalue weighted by atomic mass is 9.95. The van der Waals surface area contributed by atoms with Crippen molar-refractivity contribution in [1.29, 1.82) is 0 Å². The summed E-state index contributed by atoms with van der Waals surface area (Å²) in [4.78, 5) is 26.3. The Labute approximate surface area is 162 Å². The Bertz CT molecular complexity index is 601. The summed E-state index contributed by atoms with van der Waals surface area (Å²) in [5.41, 5.74) is 1.24. The number of hydrogen-bond acceptors (Lipinski definition) is 3. The van der Waals surface area contributed by atoms with Crippen LogP contribution in [0.2, 0.25) is 0 Å². The van der Waals surface area contributed by atoms with E-state index >= 15 is 0 Å². The fraction of sp³-hybridized carbons (Fsp3) is 0.619. The van der Waals surface area contributed by atoms with Gasteiger partial charge in [0.05, 0.1) is 0 Å². The van der Waals surface area contributed by atoms with E-state index in [4.69, 9.17) is 0 Å². The second-order valence-corrected chi connectivity index (χ2v) is 7.73. The second kappa shape index (κ2) is 10.2. The summed E-state index contributed by atoms with van der Waals surface area (Å²) in [6, 6.07) is 10.5. The van der Waals surface area contributed by atoms with Crippen LogP contribution in [0, 0.1) is 5.92 Å². The highest BCUT2D eigenvalue weighted by Gasteiger charge is 2.23. The Balaban J connectivity index is 1.26. The molecule has 1 heterocycles. The first kappa shape index (κ1) is 19.5. The number of urea groups is 1. The van der Waals surface area contributed by atoms with Gasteiger partial charge in [-0.25, -0.2) is 4.79 Å². The normalized spacial score (nSPS) is 20.3. The van der Waals surface area contributed by atoms with Crippen LogP contribution in [-0.2, 0) is 4.79 Å². The molecule has 0 aromatic heterocycles. The third-order valence-corrected chi connectivity index (χ3v) is 5.57. The van der Waals surface area contributed by atoms with Crippen molar-refractivity contribution in [3.05, 3.63) is 30.3 Å². The number of anilines is 1. The summed E-state index contributed by atoms with van der Waals surface area (Å²) in [6.45, 7) is 3.04. The van der Waals surface area contributed by atoms with Gasteiger partial charge in [0, 0.05) is 44.3 Å². The van der Waals surface area contributed by atoms with Crippen LogP contribution < -0.4 is 20.9 Å². The number of benzene rings is 1. The molecule has 1 aliphatic heterocycles. The van der Waals surface area contributed by atoms with E-state index in [9.17, 15) is 9.59 Å². The van der Waals surface area contributed by atoms with E-state index in [-0.39, 0.29) is 11.9 Å². The molecular formula is C21H32N4O2. The Morgan fingerprint density at radius 2 is 1.78 bits per heavy atom. The van der Waals surface area contributed by atoms with Crippen molar-refractivity contribution >= 4 is 17.6 Å². The fourth-order valence-corrected chi connectivity index (χ4v) is 4.01. The first-order chi connectivity index (χ1) is 13.2. The van der Waals surface area contributed by atoms with Crippen molar-refractivity contribution in [3.8, 4) is 0 Å². The van der Waals surface area contributed by atoms with Crippen molar-refractivity contribution in [2.45, 2.75) is 51.0 Å². The van der Waals surface area contributed by atoms with E-state index in [2.05, 4.69) is 45.1 Å². The van der Waals surface area contributed by atoms with Gasteiger partial charge in [-0.3, -0.25) is 4.79 Å². The van der Waals surface area contributed by atoms with Gasteiger partial charge >= 0.3 is 6.03 Å². The topological polar surface area (TPSA) is 73.5 Å². The molecule has 1 aromatic carbocycles. The Morgan fingerprint density at radius 3 is 2.56 bits per heavy atom. The van der Waals surface area contributed by atoms with Gasteiger partial charge in [-0.2, -0.15) is 0 Å². The molecule has 2 fully saturated rings. The first-order valence-corrected chi connectivity index (χ1v) is 10.3. The van der Waals surface area contributed by atoms with Gasteiger partial charge in [0.15, 0.2) is 0 Å². The number of carbonyl (C=O) groups excluding carboxylic acids is 2. The molecule has 0 bridgehead atoms. The monoisotopic (exact) mass is 372 g/mol. The van der Waals surface area contributed by atoms with Gasteiger partial charge in [-0.1, -0.05) is 37.5 Å². The maximum absolute atomic E-state index is 12.0. The summed E-state index contributed by atoms with van der Waals surface area (Å²) < 4.78 is 0. The van der Waals surface area contributed by atoms with E-state index < -0.39 is 0 Å². The zero-order valence-electron chi connectivity index (χ0n) is 16.1. The predicted molar refractivity (Wildman–Crippen MR) is 108 cm³/mol. The van der Waals surface area contributed by atoms with Crippen LogP contribution >= 0.6 is 0 Å². The minimum Gasteiger partial charge on any atom is -0.371 e. The number of nitrogens with zero attached hydrogens (tertiary/aromatic N) is 1. The van der Waals surface area contributed by atoms with Gasteiger partial charge in [0.25, 0.3) is 0 Å². The molecule has 3 N–H and O–H groups in total. The van der Waals surface area contributed by atoms with Crippen molar-refractivity contribution in [1.82, 2.24) is 16.0 Å². The standard InChI is InChI=1S/C21H32N4O2/c26-20(24-18-7-3-1-4-8-18)11-13-22-21(27)23-15-17-12-14-25(16-17)19-9-5-2-6-10-19/h2,5-6,9-10,17-18H,1,3-4,7-8,11-16H2,(H,24,26)(H2,22,23,27). The molecule has 3 amide bonds. The highest BCUT2D eigenvalue weighted by atomic mass is 16.2. The Morgan fingerprint density at radius 1 is 1.00 bits per heavy atom. The third kappa shape index (κ3) is 6.45. The molecule has 1 aromatic rings. The predicted octanol–water partition coefficient (Wildman–Crippen LogP) is 2.65. The minimum atomic E-state index is -0.182. The van der Waals surface area contributed by atoms with E-state index in [0.717, 1.165) is 32.4 Å². The summed E-state index contributed by atoms with van der Waals surface area (Å²) >= 11 is 0. The number of nitrogens with one attached hydrogen (secondary N) is 3. The molecule has 6 nitrogen and oxygen atoms in total. The number of carbonyl (C=O) groups is 2. The molecular weight excluding hydrogens is 340 g/mol. The quantitative estimate of drug-likeness (QED) is 0.689. The van der Waals surface area contributed by atoms with Crippen molar-refractivity contribution in [3.63, 3.8) is 0 Å². The van der Waals surface area contributed by atoms with E-state index in [1.165, 1.54) is 24.9 Å². The average Bonchev–Trinajstić information content (AvgIpc) is 3.17. The van der Waals surface area contributed by atoms with E-state index in [1.807, 2.05) is 6.07 Å². The average molecular weight is 373 g/mol. The molecule has 1 atom stereocenters. The number of para-hydroxylation sites is 1.